The van der Waals surface area contributed by atoms with E-state index in [0.29, 0.717) is 11.4 Å². The fourth-order valence-electron chi connectivity index (χ4n) is 1.66. The molecule has 86 valence electrons. The fourth-order valence-corrected chi connectivity index (χ4v) is 3.48. The van der Waals surface area contributed by atoms with Gasteiger partial charge >= 0.3 is 0 Å². The van der Waals surface area contributed by atoms with Gasteiger partial charge in [0, 0.05) is 16.8 Å². The summed E-state index contributed by atoms with van der Waals surface area (Å²) in [6, 6.07) is 7.25. The Bertz CT molecular complexity index is 510. The molecule has 0 bridgehead atoms. The van der Waals surface area contributed by atoms with Crippen LogP contribution in [0.2, 0.25) is 5.02 Å². The lowest BCUT2D eigenvalue weighted by atomic mass is 10.2. The normalized spacial score (nSPS) is 23.9. The van der Waals surface area contributed by atoms with Gasteiger partial charge in [-0.05, 0) is 12.5 Å². The smallest absolute Gasteiger partial charge is 0.152 e. The van der Waals surface area contributed by atoms with Crippen LogP contribution in [-0.4, -0.2) is 32.2 Å². The van der Waals surface area contributed by atoms with Crippen LogP contribution in [0.4, 0.5) is 0 Å². The first kappa shape index (κ1) is 11.6. The van der Waals surface area contributed by atoms with Crippen molar-refractivity contribution in [3.63, 3.8) is 0 Å². The fraction of sp³-hybridized carbons (Fsp3) is 0.364. The van der Waals surface area contributed by atoms with Crippen LogP contribution in [0.3, 0.4) is 0 Å². The van der Waals surface area contributed by atoms with E-state index in [0.717, 1.165) is 5.56 Å². The molecule has 0 radical (unpaired) electrons. The lowest BCUT2D eigenvalue weighted by molar-refractivity contribution is 0.601. The number of hydrogen-bond donors (Lipinski definition) is 0. The molecular weight excluding hydrogens is 246 g/mol. The van der Waals surface area contributed by atoms with Crippen LogP contribution >= 0.6 is 11.6 Å². The van der Waals surface area contributed by atoms with Crippen molar-refractivity contribution in [3.8, 4) is 0 Å². The summed E-state index contributed by atoms with van der Waals surface area (Å²) in [5.41, 5.74) is 0.827. The summed E-state index contributed by atoms with van der Waals surface area (Å²) in [4.78, 5) is 4.26. The zero-order valence-electron chi connectivity index (χ0n) is 8.64. The number of sulfone groups is 1. The van der Waals surface area contributed by atoms with Gasteiger partial charge in [0.15, 0.2) is 9.84 Å². The highest BCUT2D eigenvalue weighted by atomic mass is 35.5. The first-order chi connectivity index (χ1) is 7.57. The predicted octanol–water partition coefficient (Wildman–Crippen LogP) is 1.95. The molecular formula is C11H12ClNO2S. The van der Waals surface area contributed by atoms with Crippen molar-refractivity contribution >= 4 is 27.7 Å². The van der Waals surface area contributed by atoms with Gasteiger partial charge in [-0.15, -0.1) is 0 Å². The van der Waals surface area contributed by atoms with Gasteiger partial charge in [-0.1, -0.05) is 29.8 Å². The van der Waals surface area contributed by atoms with Crippen molar-refractivity contribution in [3.05, 3.63) is 34.9 Å². The number of nitrogens with zero attached hydrogens (tertiary/aromatic N) is 1. The minimum Gasteiger partial charge on any atom is -0.288 e. The standard InChI is InChI=1S/C11H12ClNO2S/c12-11-4-2-1-3-9(11)7-13-10-5-6-16(14,15)8-10/h1-4,7,10H,5-6,8H2/t10-/m1/s1. The van der Waals surface area contributed by atoms with Gasteiger partial charge in [0.25, 0.3) is 0 Å². The van der Waals surface area contributed by atoms with Crippen molar-refractivity contribution in [1.82, 2.24) is 0 Å². The minimum atomic E-state index is -2.86. The van der Waals surface area contributed by atoms with E-state index >= 15 is 0 Å². The number of aliphatic imine (C=N–C) groups is 1. The third-order valence-electron chi connectivity index (χ3n) is 2.54. The molecule has 1 heterocycles. The first-order valence-electron chi connectivity index (χ1n) is 5.05. The molecule has 1 atom stereocenters. The quantitative estimate of drug-likeness (QED) is 0.761. The van der Waals surface area contributed by atoms with E-state index in [1.54, 1.807) is 12.3 Å². The molecule has 5 heteroatoms. The van der Waals surface area contributed by atoms with Gasteiger partial charge in [-0.25, -0.2) is 8.42 Å². The van der Waals surface area contributed by atoms with Gasteiger partial charge in [0.05, 0.1) is 17.5 Å². The van der Waals surface area contributed by atoms with Crippen LogP contribution < -0.4 is 0 Å². The lowest BCUT2D eigenvalue weighted by Crippen LogP contribution is -2.07. The Morgan fingerprint density at radius 2 is 2.12 bits per heavy atom. The number of benzene rings is 1. The number of rotatable bonds is 2. The number of hydrogen-bond acceptors (Lipinski definition) is 3. The van der Waals surface area contributed by atoms with Gasteiger partial charge in [0.2, 0.25) is 0 Å². The maximum Gasteiger partial charge on any atom is 0.152 e. The predicted molar refractivity (Wildman–Crippen MR) is 66.1 cm³/mol. The molecule has 1 saturated heterocycles. The maximum absolute atomic E-state index is 11.2. The van der Waals surface area contributed by atoms with Crippen LogP contribution in [0.15, 0.2) is 29.3 Å². The highest BCUT2D eigenvalue weighted by Crippen LogP contribution is 2.16. The van der Waals surface area contributed by atoms with E-state index in [9.17, 15) is 8.42 Å². The molecule has 2 rings (SSSR count). The highest BCUT2D eigenvalue weighted by Gasteiger charge is 2.26. The van der Waals surface area contributed by atoms with Crippen molar-refractivity contribution in [2.75, 3.05) is 11.5 Å². The Balaban J connectivity index is 2.09. The second kappa shape index (κ2) is 4.55. The maximum atomic E-state index is 11.2. The van der Waals surface area contributed by atoms with E-state index < -0.39 is 9.84 Å². The number of halogens is 1. The van der Waals surface area contributed by atoms with E-state index in [-0.39, 0.29) is 17.5 Å². The van der Waals surface area contributed by atoms with Crippen molar-refractivity contribution < 1.29 is 8.42 Å². The molecule has 0 unspecified atom stereocenters. The summed E-state index contributed by atoms with van der Waals surface area (Å²) in [5, 5.41) is 0.632. The average Bonchev–Trinajstić information content (AvgIpc) is 2.57. The molecule has 1 aliphatic heterocycles. The molecule has 1 aromatic carbocycles. The Morgan fingerprint density at radius 1 is 1.38 bits per heavy atom. The summed E-state index contributed by atoms with van der Waals surface area (Å²) in [5.74, 6) is 0.408. The van der Waals surface area contributed by atoms with Crippen LogP contribution in [0.1, 0.15) is 12.0 Å². The molecule has 0 spiro atoms. The van der Waals surface area contributed by atoms with Crippen LogP contribution in [0, 0.1) is 0 Å². The summed E-state index contributed by atoms with van der Waals surface area (Å²) in [6.45, 7) is 0. The van der Waals surface area contributed by atoms with Gasteiger partial charge < -0.3 is 0 Å². The molecule has 1 aliphatic rings. The highest BCUT2D eigenvalue weighted by molar-refractivity contribution is 7.91. The Morgan fingerprint density at radius 3 is 2.75 bits per heavy atom. The Labute approximate surface area is 100 Å². The lowest BCUT2D eigenvalue weighted by Gasteiger charge is -2.00. The molecule has 1 fully saturated rings. The van der Waals surface area contributed by atoms with Crippen molar-refractivity contribution in [2.45, 2.75) is 12.5 Å². The van der Waals surface area contributed by atoms with E-state index in [4.69, 9.17) is 11.6 Å². The summed E-state index contributed by atoms with van der Waals surface area (Å²) >= 11 is 5.96. The van der Waals surface area contributed by atoms with Gasteiger partial charge in [-0.2, -0.15) is 0 Å². The average molecular weight is 258 g/mol. The van der Waals surface area contributed by atoms with Gasteiger partial charge in [0.1, 0.15) is 0 Å². The second-order valence-corrected chi connectivity index (χ2v) is 6.49. The molecule has 0 aromatic heterocycles. The SMILES string of the molecule is O=S1(=O)CC[C@@H](N=Cc2ccccc2Cl)C1. The molecule has 0 saturated carbocycles. The monoisotopic (exact) mass is 257 g/mol. The zero-order chi connectivity index (χ0) is 11.6. The largest absolute Gasteiger partial charge is 0.288 e. The summed E-state index contributed by atoms with van der Waals surface area (Å²) in [7, 11) is -2.86. The molecule has 0 N–H and O–H groups in total. The second-order valence-electron chi connectivity index (χ2n) is 3.86. The summed E-state index contributed by atoms with van der Waals surface area (Å²) < 4.78 is 22.4. The van der Waals surface area contributed by atoms with Crippen LogP contribution in [-0.2, 0) is 9.84 Å². The third-order valence-corrected chi connectivity index (χ3v) is 4.63. The van der Waals surface area contributed by atoms with Crippen LogP contribution in [0.5, 0.6) is 0 Å². The summed E-state index contributed by atoms with van der Waals surface area (Å²) in [6.07, 6.45) is 2.27. The van der Waals surface area contributed by atoms with E-state index in [2.05, 4.69) is 4.99 Å². The van der Waals surface area contributed by atoms with Crippen molar-refractivity contribution in [1.29, 1.82) is 0 Å². The van der Waals surface area contributed by atoms with Crippen LogP contribution in [0.25, 0.3) is 0 Å². The molecule has 3 nitrogen and oxygen atoms in total. The molecule has 0 aliphatic carbocycles. The van der Waals surface area contributed by atoms with E-state index in [1.165, 1.54) is 0 Å². The van der Waals surface area contributed by atoms with Gasteiger partial charge in [-0.3, -0.25) is 4.99 Å². The molecule has 16 heavy (non-hydrogen) atoms. The first-order valence-corrected chi connectivity index (χ1v) is 7.25. The Hall–Kier alpha value is -0.870. The van der Waals surface area contributed by atoms with E-state index in [1.807, 2.05) is 18.2 Å². The van der Waals surface area contributed by atoms with Crippen molar-refractivity contribution in [2.24, 2.45) is 4.99 Å². The molecule has 0 amide bonds. The zero-order valence-corrected chi connectivity index (χ0v) is 10.2. The third kappa shape index (κ3) is 2.83. The molecule has 1 aromatic rings. The minimum absolute atomic E-state index is 0.110. The Kier molecular flexibility index (Phi) is 3.30. The topological polar surface area (TPSA) is 46.5 Å².